The molecule has 0 aliphatic heterocycles. The zero-order chi connectivity index (χ0) is 14.5. The average Bonchev–Trinajstić information content (AvgIpc) is 3.05. The van der Waals surface area contributed by atoms with E-state index in [1.54, 1.807) is 16.2 Å². The van der Waals surface area contributed by atoms with Crippen LogP contribution in [0.15, 0.2) is 17.5 Å². The van der Waals surface area contributed by atoms with E-state index >= 15 is 0 Å². The van der Waals surface area contributed by atoms with Crippen LogP contribution in [0.3, 0.4) is 0 Å². The predicted molar refractivity (Wildman–Crippen MR) is 86.1 cm³/mol. The van der Waals surface area contributed by atoms with Crippen LogP contribution in [0.4, 0.5) is 5.13 Å². The fourth-order valence-corrected chi connectivity index (χ4v) is 3.53. The van der Waals surface area contributed by atoms with Crippen LogP contribution >= 0.6 is 22.7 Å². The van der Waals surface area contributed by atoms with E-state index in [2.05, 4.69) is 11.9 Å². The fraction of sp³-hybridized carbons (Fsp3) is 0.429. The van der Waals surface area contributed by atoms with Crippen LogP contribution in [-0.4, -0.2) is 29.4 Å². The Kier molecular flexibility index (Phi) is 5.14. The summed E-state index contributed by atoms with van der Waals surface area (Å²) in [7, 11) is 1.85. The lowest BCUT2D eigenvalue weighted by atomic mass is 10.2. The lowest BCUT2D eigenvalue weighted by molar-refractivity contribution is -0.129. The molecular weight excluding hydrogens is 290 g/mol. The minimum Gasteiger partial charge on any atom is -0.375 e. The highest BCUT2D eigenvalue weighted by molar-refractivity contribution is 7.17. The molecule has 0 fully saturated rings. The van der Waals surface area contributed by atoms with E-state index in [0.717, 1.165) is 34.8 Å². The molecule has 0 spiro atoms. The van der Waals surface area contributed by atoms with Crippen LogP contribution in [0.25, 0.3) is 10.6 Å². The maximum Gasteiger partial charge on any atom is 0.227 e. The number of thiazole rings is 1. The molecule has 0 atom stereocenters. The topological polar surface area (TPSA) is 59.2 Å². The Labute approximate surface area is 127 Å². The van der Waals surface area contributed by atoms with Crippen molar-refractivity contribution in [3.8, 4) is 10.6 Å². The Morgan fingerprint density at radius 1 is 1.50 bits per heavy atom. The van der Waals surface area contributed by atoms with Gasteiger partial charge in [-0.15, -0.1) is 22.7 Å². The van der Waals surface area contributed by atoms with E-state index in [1.165, 1.54) is 11.3 Å². The van der Waals surface area contributed by atoms with Crippen molar-refractivity contribution >= 4 is 33.7 Å². The minimum absolute atomic E-state index is 0.125. The summed E-state index contributed by atoms with van der Waals surface area (Å²) >= 11 is 3.02. The van der Waals surface area contributed by atoms with Crippen molar-refractivity contribution in [2.45, 2.75) is 26.2 Å². The van der Waals surface area contributed by atoms with Gasteiger partial charge in [0.15, 0.2) is 5.13 Å². The van der Waals surface area contributed by atoms with Crippen molar-refractivity contribution in [1.82, 2.24) is 9.88 Å². The number of likely N-dealkylation sites (N-methyl/N-ethyl adjacent to an activating group) is 1. The summed E-state index contributed by atoms with van der Waals surface area (Å²) in [6.45, 7) is 2.93. The maximum absolute atomic E-state index is 12.2. The third-order valence-electron chi connectivity index (χ3n) is 3.05. The number of rotatable bonds is 6. The SMILES string of the molecule is CCCCN(C)C(=O)Cc1sc(N)nc1-c1cccs1. The van der Waals surface area contributed by atoms with E-state index < -0.39 is 0 Å². The quantitative estimate of drug-likeness (QED) is 0.891. The monoisotopic (exact) mass is 309 g/mol. The smallest absolute Gasteiger partial charge is 0.227 e. The third kappa shape index (κ3) is 3.58. The van der Waals surface area contributed by atoms with E-state index in [9.17, 15) is 4.79 Å². The van der Waals surface area contributed by atoms with Crippen LogP contribution in [0.1, 0.15) is 24.6 Å². The first-order chi connectivity index (χ1) is 9.61. The molecule has 20 heavy (non-hydrogen) atoms. The number of thiophene rings is 1. The van der Waals surface area contributed by atoms with Gasteiger partial charge in [-0.05, 0) is 17.9 Å². The van der Waals surface area contributed by atoms with Crippen LogP contribution in [0, 0.1) is 0 Å². The second kappa shape index (κ2) is 6.85. The Bertz CT molecular complexity index is 563. The molecule has 2 aromatic heterocycles. The van der Waals surface area contributed by atoms with Gasteiger partial charge in [0.25, 0.3) is 0 Å². The second-order valence-corrected chi connectivity index (χ2v) is 6.71. The van der Waals surface area contributed by atoms with Crippen molar-refractivity contribution in [1.29, 1.82) is 0 Å². The molecule has 0 bridgehead atoms. The molecule has 108 valence electrons. The van der Waals surface area contributed by atoms with E-state index in [4.69, 9.17) is 5.73 Å². The van der Waals surface area contributed by atoms with Gasteiger partial charge >= 0.3 is 0 Å². The van der Waals surface area contributed by atoms with Gasteiger partial charge in [0.1, 0.15) is 0 Å². The van der Waals surface area contributed by atoms with Gasteiger partial charge in [-0.1, -0.05) is 19.4 Å². The molecule has 0 saturated heterocycles. The van der Waals surface area contributed by atoms with Crippen molar-refractivity contribution in [2.75, 3.05) is 19.3 Å². The lowest BCUT2D eigenvalue weighted by Gasteiger charge is -2.16. The largest absolute Gasteiger partial charge is 0.375 e. The number of carbonyl (C=O) groups excluding carboxylic acids is 1. The van der Waals surface area contributed by atoms with Crippen LogP contribution in [0.2, 0.25) is 0 Å². The summed E-state index contributed by atoms with van der Waals surface area (Å²) in [5.74, 6) is 0.125. The Balaban J connectivity index is 2.12. The van der Waals surface area contributed by atoms with Crippen LogP contribution in [-0.2, 0) is 11.2 Å². The zero-order valence-corrected chi connectivity index (χ0v) is 13.4. The maximum atomic E-state index is 12.2. The molecule has 2 rings (SSSR count). The number of hydrogen-bond acceptors (Lipinski definition) is 5. The number of amides is 1. The molecule has 2 N–H and O–H groups in total. The van der Waals surface area contributed by atoms with Crippen molar-refractivity contribution in [2.24, 2.45) is 0 Å². The van der Waals surface area contributed by atoms with E-state index in [0.29, 0.717) is 11.6 Å². The lowest BCUT2D eigenvalue weighted by Crippen LogP contribution is -2.29. The number of nitrogens with two attached hydrogens (primary N) is 1. The van der Waals surface area contributed by atoms with Gasteiger partial charge in [0.2, 0.25) is 5.91 Å². The number of nitrogens with zero attached hydrogens (tertiary/aromatic N) is 2. The average molecular weight is 309 g/mol. The normalized spacial score (nSPS) is 10.7. The number of unbranched alkanes of at least 4 members (excludes halogenated alkanes) is 1. The summed E-state index contributed by atoms with van der Waals surface area (Å²) in [6, 6.07) is 3.99. The molecular formula is C14H19N3OS2. The van der Waals surface area contributed by atoms with Gasteiger partial charge in [0.05, 0.1) is 17.0 Å². The molecule has 0 unspecified atom stereocenters. The second-order valence-electron chi connectivity index (χ2n) is 4.65. The number of anilines is 1. The van der Waals surface area contributed by atoms with E-state index in [-0.39, 0.29) is 5.91 Å². The van der Waals surface area contributed by atoms with Gasteiger partial charge in [-0.25, -0.2) is 4.98 Å². The van der Waals surface area contributed by atoms with Gasteiger partial charge in [-0.2, -0.15) is 0 Å². The number of carbonyl (C=O) groups is 1. The van der Waals surface area contributed by atoms with Crippen LogP contribution < -0.4 is 5.73 Å². The molecule has 0 aliphatic rings. The molecule has 1 amide bonds. The van der Waals surface area contributed by atoms with Crippen molar-refractivity contribution in [3.05, 3.63) is 22.4 Å². The van der Waals surface area contributed by atoms with Gasteiger partial charge < -0.3 is 10.6 Å². The fourth-order valence-electron chi connectivity index (χ4n) is 1.89. The molecule has 0 radical (unpaired) electrons. The summed E-state index contributed by atoms with van der Waals surface area (Å²) < 4.78 is 0. The molecule has 4 nitrogen and oxygen atoms in total. The molecule has 2 aromatic rings. The van der Waals surface area contributed by atoms with Crippen LogP contribution in [0.5, 0.6) is 0 Å². The summed E-state index contributed by atoms with van der Waals surface area (Å²) in [4.78, 5) is 20.4. The Hall–Kier alpha value is -1.40. The Morgan fingerprint density at radius 2 is 2.30 bits per heavy atom. The molecule has 2 heterocycles. The first-order valence-electron chi connectivity index (χ1n) is 6.64. The van der Waals surface area contributed by atoms with Crippen molar-refractivity contribution in [3.63, 3.8) is 0 Å². The summed E-state index contributed by atoms with van der Waals surface area (Å²) in [6.07, 6.45) is 2.50. The molecule has 0 aliphatic carbocycles. The summed E-state index contributed by atoms with van der Waals surface area (Å²) in [5.41, 5.74) is 6.67. The highest BCUT2D eigenvalue weighted by Gasteiger charge is 2.17. The van der Waals surface area contributed by atoms with E-state index in [1.807, 2.05) is 24.6 Å². The first-order valence-corrected chi connectivity index (χ1v) is 8.34. The highest BCUT2D eigenvalue weighted by atomic mass is 32.1. The molecule has 0 aromatic carbocycles. The standard InChI is InChI=1S/C14H19N3OS2/c1-3-4-7-17(2)12(18)9-11-13(16-14(15)20-11)10-6-5-8-19-10/h5-6,8H,3-4,7,9H2,1-2H3,(H2,15,16). The molecule has 6 heteroatoms. The number of hydrogen-bond donors (Lipinski definition) is 1. The highest BCUT2D eigenvalue weighted by Crippen LogP contribution is 2.33. The minimum atomic E-state index is 0.125. The number of nitrogen functional groups attached to an aromatic ring is 1. The molecule has 0 saturated carbocycles. The summed E-state index contributed by atoms with van der Waals surface area (Å²) in [5, 5.41) is 2.52. The predicted octanol–water partition coefficient (Wildman–Crippen LogP) is 3.25. The number of aromatic nitrogens is 1. The van der Waals surface area contributed by atoms with Gasteiger partial charge in [-0.3, -0.25) is 4.79 Å². The third-order valence-corrected chi connectivity index (χ3v) is 4.81. The van der Waals surface area contributed by atoms with Gasteiger partial charge in [0, 0.05) is 18.5 Å². The Morgan fingerprint density at radius 3 is 2.95 bits per heavy atom. The zero-order valence-electron chi connectivity index (χ0n) is 11.8. The first kappa shape index (κ1) is 15.0. The van der Waals surface area contributed by atoms with Crippen molar-refractivity contribution < 1.29 is 4.79 Å².